The third kappa shape index (κ3) is 10.1. The fraction of sp³-hybridized carbons (Fsp3) is 0.600. The van der Waals surface area contributed by atoms with Gasteiger partial charge >= 0.3 is 6.18 Å². The van der Waals surface area contributed by atoms with Gasteiger partial charge in [-0.3, -0.25) is 4.90 Å². The summed E-state index contributed by atoms with van der Waals surface area (Å²) in [4.78, 5) is 2.38. The largest absolute Gasteiger partial charge is 0.386 e. The number of hydrogen-bond acceptors (Lipinski definition) is 3. The van der Waals surface area contributed by atoms with Crippen molar-refractivity contribution in [3.8, 4) is 12.1 Å². The van der Waals surface area contributed by atoms with E-state index in [2.05, 4.69) is 24.0 Å². The van der Waals surface area contributed by atoms with Gasteiger partial charge in [0.15, 0.2) is 0 Å². The molecule has 0 bridgehead atoms. The predicted molar refractivity (Wildman–Crippen MR) is 97.1 cm³/mol. The highest BCUT2D eigenvalue weighted by molar-refractivity contribution is 5.37. The van der Waals surface area contributed by atoms with Crippen molar-refractivity contribution >= 4 is 0 Å². The molecule has 26 heavy (non-hydrogen) atoms. The van der Waals surface area contributed by atoms with Gasteiger partial charge in [0.05, 0.1) is 17.7 Å². The lowest BCUT2D eigenvalue weighted by Gasteiger charge is -2.38. The first-order valence-corrected chi connectivity index (χ1v) is 8.81. The van der Waals surface area contributed by atoms with Gasteiger partial charge in [-0.1, -0.05) is 39.0 Å². The molecule has 0 amide bonds. The fourth-order valence-corrected chi connectivity index (χ4v) is 2.63. The molecule has 144 valence electrons. The minimum Gasteiger partial charge on any atom is -0.299 e. The molecule has 1 aromatic carbocycles. The summed E-state index contributed by atoms with van der Waals surface area (Å²) in [6.45, 7) is 9.26. The summed E-state index contributed by atoms with van der Waals surface area (Å²) in [7, 11) is 0. The summed E-state index contributed by atoms with van der Waals surface area (Å²) in [6, 6.07) is 12.3. The third-order valence-electron chi connectivity index (χ3n) is 4.10. The normalized spacial score (nSPS) is 16.0. The van der Waals surface area contributed by atoms with Crippen LogP contribution >= 0.6 is 0 Å². The number of rotatable bonds is 3. The maximum atomic E-state index is 10.4. The minimum absolute atomic E-state index is 0.181. The summed E-state index contributed by atoms with van der Waals surface area (Å²) in [5.74, 6) is 0. The highest BCUT2D eigenvalue weighted by atomic mass is 19.4. The zero-order valence-corrected chi connectivity index (χ0v) is 16.0. The average Bonchev–Trinajstić information content (AvgIpc) is 2.58. The Kier molecular flexibility index (Phi) is 10.6. The van der Waals surface area contributed by atoms with E-state index in [1.165, 1.54) is 0 Å². The number of nitriles is 2. The first kappa shape index (κ1) is 23.9. The van der Waals surface area contributed by atoms with Crippen LogP contribution in [0, 0.1) is 28.1 Å². The second kappa shape index (κ2) is 11.5. The molecule has 3 nitrogen and oxygen atoms in total. The van der Waals surface area contributed by atoms with Crippen molar-refractivity contribution in [2.24, 2.45) is 5.41 Å². The molecule has 0 spiro atoms. The molecule has 1 fully saturated rings. The molecule has 6 heteroatoms. The quantitative estimate of drug-likeness (QED) is 0.692. The van der Waals surface area contributed by atoms with Crippen molar-refractivity contribution < 1.29 is 13.2 Å². The topological polar surface area (TPSA) is 50.8 Å². The fourth-order valence-electron chi connectivity index (χ4n) is 2.63. The molecule has 0 unspecified atom stereocenters. The molecule has 2 rings (SSSR count). The highest BCUT2D eigenvalue weighted by Gasteiger charge is 2.29. The van der Waals surface area contributed by atoms with E-state index in [9.17, 15) is 13.2 Å². The Morgan fingerprint density at radius 3 is 2.08 bits per heavy atom. The van der Waals surface area contributed by atoms with Crippen molar-refractivity contribution in [2.45, 2.75) is 59.7 Å². The van der Waals surface area contributed by atoms with E-state index in [4.69, 9.17) is 10.5 Å². The standard InChI is InChI=1S/C16H19N3.C2H3F3.C2H6/c1-16(6-9-17)7-10-19(11-8-16)13-15-5-3-2-4-14(15)12-18;1-2(3,4)5;1-2/h2-5H,6-8,10-11,13H2,1H3;1H3;1-2H3. The van der Waals surface area contributed by atoms with Crippen LogP contribution in [-0.4, -0.2) is 24.2 Å². The van der Waals surface area contributed by atoms with Crippen molar-refractivity contribution in [3.05, 3.63) is 35.4 Å². The van der Waals surface area contributed by atoms with Crippen LogP contribution in [0.2, 0.25) is 0 Å². The Labute approximate surface area is 155 Å². The highest BCUT2D eigenvalue weighted by Crippen LogP contribution is 2.34. The SMILES string of the molecule is CC.CC(F)(F)F.CC1(CC#N)CCN(Cc2ccccc2C#N)CC1. The van der Waals surface area contributed by atoms with Crippen molar-refractivity contribution in [3.63, 3.8) is 0 Å². The van der Waals surface area contributed by atoms with Gasteiger partial charge < -0.3 is 0 Å². The molecular formula is C20H28F3N3. The van der Waals surface area contributed by atoms with Gasteiger partial charge in [-0.25, -0.2) is 0 Å². The first-order valence-electron chi connectivity index (χ1n) is 8.81. The van der Waals surface area contributed by atoms with Gasteiger partial charge in [0.1, 0.15) is 0 Å². The summed E-state index contributed by atoms with van der Waals surface area (Å²) in [5, 5.41) is 17.9. The monoisotopic (exact) mass is 367 g/mol. The van der Waals surface area contributed by atoms with Gasteiger partial charge in [-0.05, 0) is 43.0 Å². The van der Waals surface area contributed by atoms with Crippen LogP contribution in [0.1, 0.15) is 58.1 Å². The molecule has 1 saturated heterocycles. The molecular weight excluding hydrogens is 339 g/mol. The van der Waals surface area contributed by atoms with Gasteiger partial charge in [-0.15, -0.1) is 0 Å². The summed E-state index contributed by atoms with van der Waals surface area (Å²) < 4.78 is 31.1. The maximum Gasteiger partial charge on any atom is 0.386 e. The predicted octanol–water partition coefficient (Wildman–Crippen LogP) is 5.67. The molecule has 0 aromatic heterocycles. The number of alkyl halides is 3. The molecule has 0 saturated carbocycles. The van der Waals surface area contributed by atoms with Crippen LogP contribution in [0.5, 0.6) is 0 Å². The molecule has 1 aliphatic heterocycles. The zero-order chi connectivity index (χ0) is 20.2. The van der Waals surface area contributed by atoms with E-state index >= 15 is 0 Å². The Hall–Kier alpha value is -2.05. The van der Waals surface area contributed by atoms with Crippen molar-refractivity contribution in [1.29, 1.82) is 10.5 Å². The molecule has 0 aliphatic carbocycles. The number of benzene rings is 1. The Balaban J connectivity index is 0.000000772. The van der Waals surface area contributed by atoms with Crippen molar-refractivity contribution in [1.82, 2.24) is 4.90 Å². The van der Waals surface area contributed by atoms with Crippen LogP contribution in [0.3, 0.4) is 0 Å². The summed E-state index contributed by atoms with van der Waals surface area (Å²) >= 11 is 0. The number of halogens is 3. The van der Waals surface area contributed by atoms with Crippen LogP contribution in [0.15, 0.2) is 24.3 Å². The molecule has 0 N–H and O–H groups in total. The second-order valence-corrected chi connectivity index (χ2v) is 6.47. The third-order valence-corrected chi connectivity index (χ3v) is 4.10. The Morgan fingerprint density at radius 2 is 1.62 bits per heavy atom. The van der Waals surface area contributed by atoms with Crippen LogP contribution < -0.4 is 0 Å². The Morgan fingerprint density at radius 1 is 1.12 bits per heavy atom. The average molecular weight is 367 g/mol. The first-order chi connectivity index (χ1) is 12.2. The van der Waals surface area contributed by atoms with Crippen LogP contribution in [0.25, 0.3) is 0 Å². The van der Waals surface area contributed by atoms with E-state index in [0.29, 0.717) is 6.42 Å². The number of hydrogen-bond donors (Lipinski definition) is 0. The minimum atomic E-state index is -4.00. The molecule has 1 heterocycles. The molecule has 1 aromatic rings. The number of likely N-dealkylation sites (tertiary alicyclic amines) is 1. The zero-order valence-electron chi connectivity index (χ0n) is 16.0. The van der Waals surface area contributed by atoms with E-state index in [0.717, 1.165) is 43.6 Å². The van der Waals surface area contributed by atoms with Gasteiger partial charge in [0.25, 0.3) is 0 Å². The van der Waals surface area contributed by atoms with Crippen LogP contribution in [-0.2, 0) is 6.54 Å². The molecule has 1 aliphatic rings. The molecule has 0 radical (unpaired) electrons. The van der Waals surface area contributed by atoms with Gasteiger partial charge in [0, 0.05) is 19.9 Å². The lowest BCUT2D eigenvalue weighted by Crippen LogP contribution is -2.38. The van der Waals surface area contributed by atoms with Crippen LogP contribution in [0.4, 0.5) is 13.2 Å². The van der Waals surface area contributed by atoms with E-state index < -0.39 is 6.18 Å². The van der Waals surface area contributed by atoms with Crippen molar-refractivity contribution in [2.75, 3.05) is 13.1 Å². The number of nitrogens with zero attached hydrogens (tertiary/aromatic N) is 3. The second-order valence-electron chi connectivity index (χ2n) is 6.47. The van der Waals surface area contributed by atoms with E-state index in [1.54, 1.807) is 0 Å². The van der Waals surface area contributed by atoms with E-state index in [-0.39, 0.29) is 12.3 Å². The Bertz CT molecular complexity index is 598. The smallest absolute Gasteiger partial charge is 0.299 e. The van der Waals surface area contributed by atoms with Gasteiger partial charge in [0.2, 0.25) is 0 Å². The lowest BCUT2D eigenvalue weighted by atomic mass is 9.78. The maximum absolute atomic E-state index is 10.4. The van der Waals surface area contributed by atoms with Gasteiger partial charge in [-0.2, -0.15) is 23.7 Å². The summed E-state index contributed by atoms with van der Waals surface area (Å²) in [6.07, 6.45) is -1.22. The number of piperidine rings is 1. The van der Waals surface area contributed by atoms with E-state index in [1.807, 2.05) is 38.1 Å². The summed E-state index contributed by atoms with van der Waals surface area (Å²) in [5.41, 5.74) is 2.06. The molecule has 0 atom stereocenters. The lowest BCUT2D eigenvalue weighted by molar-refractivity contribution is -0.110.